The number of halogens is 1. The lowest BCUT2D eigenvalue weighted by molar-refractivity contribution is -0.123. The molecular formula is C25H24FN3O5S2. The van der Waals surface area contributed by atoms with Crippen molar-refractivity contribution in [2.45, 2.75) is 24.3 Å². The Morgan fingerprint density at radius 1 is 1.25 bits per heavy atom. The van der Waals surface area contributed by atoms with E-state index in [1.165, 1.54) is 58.2 Å². The first-order chi connectivity index (χ1) is 17.3. The Labute approximate surface area is 212 Å². The molecular weight excluding hydrogens is 505 g/mol. The van der Waals surface area contributed by atoms with Crippen molar-refractivity contribution in [3.8, 4) is 5.75 Å². The Kier molecular flexibility index (Phi) is 6.78. The molecule has 8 nitrogen and oxygen atoms in total. The van der Waals surface area contributed by atoms with Gasteiger partial charge in [0.1, 0.15) is 17.3 Å². The first-order valence-electron chi connectivity index (χ1n) is 11.4. The summed E-state index contributed by atoms with van der Waals surface area (Å²) in [7, 11) is -2.27. The van der Waals surface area contributed by atoms with Gasteiger partial charge in [0, 0.05) is 13.1 Å². The maximum absolute atomic E-state index is 13.8. The molecule has 36 heavy (non-hydrogen) atoms. The second kappa shape index (κ2) is 10.00. The zero-order valence-corrected chi connectivity index (χ0v) is 21.1. The number of piperidine rings is 1. The summed E-state index contributed by atoms with van der Waals surface area (Å²) in [6.45, 7) is 0.522. The number of amides is 1. The van der Waals surface area contributed by atoms with Crippen LogP contribution in [0.25, 0.3) is 10.2 Å². The monoisotopic (exact) mass is 529 g/mol. The zero-order valence-electron chi connectivity index (χ0n) is 19.5. The van der Waals surface area contributed by atoms with E-state index in [9.17, 15) is 17.6 Å². The number of anilines is 1. The quantitative estimate of drug-likeness (QED) is 0.345. The van der Waals surface area contributed by atoms with Crippen LogP contribution in [0.5, 0.6) is 5.75 Å². The van der Waals surface area contributed by atoms with Crippen molar-refractivity contribution in [2.24, 2.45) is 5.92 Å². The third-order valence-corrected chi connectivity index (χ3v) is 9.08. The fraction of sp³-hybridized carbons (Fsp3) is 0.280. The molecule has 2 aromatic heterocycles. The standard InChI is InChI=1S/C25H24FN3O5S2/c1-33-19-7-9-21(10-8-19)36(31,32)28-12-2-4-17(15-28)24(30)29(16-20-5-3-13-34-20)25-27-22-11-6-18(26)14-23(22)35-25/h3,5-11,13-14,17H,2,4,12,15-16H2,1H3. The molecule has 3 heterocycles. The second-order valence-electron chi connectivity index (χ2n) is 8.49. The average molecular weight is 530 g/mol. The van der Waals surface area contributed by atoms with Crippen LogP contribution in [0.1, 0.15) is 18.6 Å². The Morgan fingerprint density at radius 2 is 2.06 bits per heavy atom. The molecule has 0 aliphatic carbocycles. The van der Waals surface area contributed by atoms with Crippen molar-refractivity contribution < 1.29 is 26.8 Å². The van der Waals surface area contributed by atoms with Crippen LogP contribution in [0.4, 0.5) is 9.52 Å². The van der Waals surface area contributed by atoms with Crippen LogP contribution in [0, 0.1) is 11.7 Å². The normalized spacial score (nSPS) is 16.8. The molecule has 1 unspecified atom stereocenters. The smallest absolute Gasteiger partial charge is 0.243 e. The predicted molar refractivity (Wildman–Crippen MR) is 134 cm³/mol. The molecule has 0 N–H and O–H groups in total. The van der Waals surface area contributed by atoms with E-state index in [4.69, 9.17) is 9.15 Å². The summed E-state index contributed by atoms with van der Waals surface area (Å²) in [6, 6.07) is 14.0. The number of sulfonamides is 1. The van der Waals surface area contributed by atoms with E-state index in [1.807, 2.05) is 0 Å². The number of rotatable bonds is 7. The minimum Gasteiger partial charge on any atom is -0.497 e. The van der Waals surface area contributed by atoms with Gasteiger partial charge in [-0.2, -0.15) is 4.31 Å². The summed E-state index contributed by atoms with van der Waals surface area (Å²) in [5, 5.41) is 0.409. The molecule has 1 fully saturated rings. The molecule has 2 aromatic carbocycles. The van der Waals surface area contributed by atoms with Crippen LogP contribution in [0.2, 0.25) is 0 Å². The number of methoxy groups -OCH3 is 1. The van der Waals surface area contributed by atoms with Gasteiger partial charge in [-0.15, -0.1) is 0 Å². The number of hydrogen-bond donors (Lipinski definition) is 0. The van der Waals surface area contributed by atoms with E-state index < -0.39 is 15.9 Å². The fourth-order valence-electron chi connectivity index (χ4n) is 4.28. The van der Waals surface area contributed by atoms with Gasteiger partial charge in [-0.25, -0.2) is 17.8 Å². The molecule has 0 spiro atoms. The van der Waals surface area contributed by atoms with Gasteiger partial charge in [-0.1, -0.05) is 11.3 Å². The molecule has 1 atom stereocenters. The molecule has 1 saturated heterocycles. The van der Waals surface area contributed by atoms with Crippen molar-refractivity contribution in [1.82, 2.24) is 9.29 Å². The van der Waals surface area contributed by atoms with Gasteiger partial charge in [0.05, 0.1) is 40.9 Å². The van der Waals surface area contributed by atoms with Gasteiger partial charge in [-0.3, -0.25) is 9.69 Å². The Bertz CT molecular complexity index is 1470. The lowest BCUT2D eigenvalue weighted by Gasteiger charge is -2.33. The Balaban J connectivity index is 1.42. The van der Waals surface area contributed by atoms with Crippen LogP contribution >= 0.6 is 11.3 Å². The summed E-state index contributed by atoms with van der Waals surface area (Å²) in [6.07, 6.45) is 2.61. The van der Waals surface area contributed by atoms with E-state index >= 15 is 0 Å². The van der Waals surface area contributed by atoms with Crippen molar-refractivity contribution in [3.05, 3.63) is 72.4 Å². The van der Waals surface area contributed by atoms with E-state index in [0.29, 0.717) is 46.2 Å². The molecule has 0 saturated carbocycles. The van der Waals surface area contributed by atoms with Crippen molar-refractivity contribution in [3.63, 3.8) is 0 Å². The topological polar surface area (TPSA) is 93.0 Å². The highest BCUT2D eigenvalue weighted by atomic mass is 32.2. The number of thiazole rings is 1. The molecule has 1 aliphatic rings. The van der Waals surface area contributed by atoms with Crippen LogP contribution in [0.3, 0.4) is 0 Å². The predicted octanol–water partition coefficient (Wildman–Crippen LogP) is 4.67. The first-order valence-corrected chi connectivity index (χ1v) is 13.6. The van der Waals surface area contributed by atoms with Crippen molar-refractivity contribution >= 4 is 42.6 Å². The number of aromatic nitrogens is 1. The first kappa shape index (κ1) is 24.4. The lowest BCUT2D eigenvalue weighted by Crippen LogP contribution is -2.46. The number of hydrogen-bond acceptors (Lipinski definition) is 7. The number of carbonyl (C=O) groups excluding carboxylic acids is 1. The number of furan rings is 1. The van der Waals surface area contributed by atoms with E-state index in [-0.39, 0.29) is 29.7 Å². The molecule has 1 amide bonds. The van der Waals surface area contributed by atoms with Crippen LogP contribution in [-0.2, 0) is 21.4 Å². The van der Waals surface area contributed by atoms with Crippen LogP contribution in [-0.4, -0.2) is 43.8 Å². The number of nitrogens with zero attached hydrogens (tertiary/aromatic N) is 3. The molecule has 188 valence electrons. The Morgan fingerprint density at radius 3 is 2.78 bits per heavy atom. The third-order valence-electron chi connectivity index (χ3n) is 6.16. The number of carbonyl (C=O) groups is 1. The molecule has 4 aromatic rings. The average Bonchev–Trinajstić information content (AvgIpc) is 3.56. The van der Waals surface area contributed by atoms with Gasteiger partial charge in [-0.05, 0) is 67.4 Å². The SMILES string of the molecule is COc1ccc(S(=O)(=O)N2CCCC(C(=O)N(Cc3ccco3)c3nc4ccc(F)cc4s3)C2)cc1. The van der Waals surface area contributed by atoms with Crippen molar-refractivity contribution in [2.75, 3.05) is 25.1 Å². The highest BCUT2D eigenvalue weighted by Gasteiger charge is 2.36. The van der Waals surface area contributed by atoms with Gasteiger partial charge < -0.3 is 9.15 Å². The summed E-state index contributed by atoms with van der Waals surface area (Å²) in [5.41, 5.74) is 0.584. The van der Waals surface area contributed by atoms with Crippen LogP contribution in [0.15, 0.2) is 70.2 Å². The number of ether oxygens (including phenoxy) is 1. The van der Waals surface area contributed by atoms with Gasteiger partial charge >= 0.3 is 0 Å². The maximum atomic E-state index is 13.8. The van der Waals surface area contributed by atoms with Gasteiger partial charge in [0.25, 0.3) is 0 Å². The maximum Gasteiger partial charge on any atom is 0.243 e. The highest BCUT2D eigenvalue weighted by molar-refractivity contribution is 7.89. The van der Waals surface area contributed by atoms with E-state index in [0.717, 1.165) is 0 Å². The second-order valence-corrected chi connectivity index (χ2v) is 11.4. The number of benzene rings is 2. The van der Waals surface area contributed by atoms with Gasteiger partial charge in [0.15, 0.2) is 5.13 Å². The molecule has 5 rings (SSSR count). The summed E-state index contributed by atoms with van der Waals surface area (Å²) in [4.78, 5) is 20.0. The molecule has 1 aliphatic heterocycles. The Hall–Kier alpha value is -3.28. The molecule has 0 radical (unpaired) electrons. The van der Waals surface area contributed by atoms with E-state index in [1.54, 1.807) is 30.3 Å². The summed E-state index contributed by atoms with van der Waals surface area (Å²) in [5.74, 6) is -0.0726. The lowest BCUT2D eigenvalue weighted by atomic mass is 9.98. The van der Waals surface area contributed by atoms with E-state index in [2.05, 4.69) is 4.98 Å². The summed E-state index contributed by atoms with van der Waals surface area (Å²) >= 11 is 1.21. The molecule has 11 heteroatoms. The fourth-order valence-corrected chi connectivity index (χ4v) is 6.80. The van der Waals surface area contributed by atoms with Gasteiger partial charge in [0.2, 0.25) is 15.9 Å². The number of fused-ring (bicyclic) bond motifs is 1. The zero-order chi connectivity index (χ0) is 25.3. The van der Waals surface area contributed by atoms with Crippen LogP contribution < -0.4 is 9.64 Å². The summed E-state index contributed by atoms with van der Waals surface area (Å²) < 4.78 is 52.9. The molecule has 0 bridgehead atoms. The van der Waals surface area contributed by atoms with Crippen molar-refractivity contribution in [1.29, 1.82) is 0 Å². The highest BCUT2D eigenvalue weighted by Crippen LogP contribution is 2.33. The minimum absolute atomic E-state index is 0.0569. The minimum atomic E-state index is -3.79. The largest absolute Gasteiger partial charge is 0.497 e. The third kappa shape index (κ3) is 4.86.